The van der Waals surface area contributed by atoms with Gasteiger partial charge in [0.2, 0.25) is 5.91 Å². The molecule has 0 radical (unpaired) electrons. The molecule has 0 bridgehead atoms. The molecule has 1 spiro atoms. The summed E-state index contributed by atoms with van der Waals surface area (Å²) in [7, 11) is 0. The number of nitrogens with one attached hydrogen (secondary N) is 2. The third-order valence-electron chi connectivity index (χ3n) is 4.18. The van der Waals surface area contributed by atoms with E-state index in [0.29, 0.717) is 19.5 Å². The monoisotopic (exact) mass is 263 g/mol. The summed E-state index contributed by atoms with van der Waals surface area (Å²) >= 11 is 0. The molecule has 2 saturated heterocycles. The van der Waals surface area contributed by atoms with Crippen LogP contribution in [-0.2, 0) is 9.59 Å². The zero-order valence-corrected chi connectivity index (χ0v) is 10.6. The van der Waals surface area contributed by atoms with Crippen molar-refractivity contribution in [3.63, 3.8) is 0 Å². The van der Waals surface area contributed by atoms with E-state index in [0.717, 1.165) is 19.3 Å². The molecule has 102 valence electrons. The van der Waals surface area contributed by atoms with E-state index in [-0.39, 0.29) is 17.7 Å². The minimum atomic E-state index is -0.906. The number of imide groups is 1. The second-order valence-electron chi connectivity index (χ2n) is 5.49. The normalized spacial score (nSPS) is 30.8. The first-order valence-corrected chi connectivity index (χ1v) is 6.68. The van der Waals surface area contributed by atoms with Gasteiger partial charge in [-0.2, -0.15) is 0 Å². The molecule has 6 heteroatoms. The highest BCUT2D eigenvalue weighted by Gasteiger charge is 2.49. The lowest BCUT2D eigenvalue weighted by molar-refractivity contribution is -0.139. The Balaban J connectivity index is 1.73. The number of allylic oxidation sites excluding steroid dienone is 2. The Kier molecular flexibility index (Phi) is 2.80. The molecule has 19 heavy (non-hydrogen) atoms. The number of amides is 4. The summed E-state index contributed by atoms with van der Waals surface area (Å²) < 4.78 is 0. The van der Waals surface area contributed by atoms with E-state index in [1.165, 1.54) is 0 Å². The third-order valence-corrected chi connectivity index (χ3v) is 4.18. The molecule has 4 amide bonds. The molecule has 2 aliphatic heterocycles. The number of carbonyl (C=O) groups is 3. The first-order valence-electron chi connectivity index (χ1n) is 6.68. The third kappa shape index (κ3) is 2.01. The van der Waals surface area contributed by atoms with E-state index < -0.39 is 11.6 Å². The van der Waals surface area contributed by atoms with Gasteiger partial charge < -0.3 is 10.2 Å². The molecule has 1 unspecified atom stereocenters. The molecular formula is C13H17N3O3. The zero-order chi connectivity index (χ0) is 13.5. The van der Waals surface area contributed by atoms with Crippen LogP contribution in [-0.4, -0.2) is 41.4 Å². The molecule has 0 aromatic rings. The molecule has 2 fully saturated rings. The average molecular weight is 263 g/mol. The van der Waals surface area contributed by atoms with Gasteiger partial charge in [0, 0.05) is 12.5 Å². The van der Waals surface area contributed by atoms with Crippen LogP contribution in [0.5, 0.6) is 0 Å². The zero-order valence-electron chi connectivity index (χ0n) is 10.6. The molecule has 3 rings (SSSR count). The van der Waals surface area contributed by atoms with Gasteiger partial charge in [-0.15, -0.1) is 0 Å². The predicted octanol–water partition coefficient (Wildman–Crippen LogP) is 0.153. The fourth-order valence-electron chi connectivity index (χ4n) is 3.14. The maximum atomic E-state index is 12.4. The Bertz CT molecular complexity index is 466. The van der Waals surface area contributed by atoms with Crippen LogP contribution in [0.25, 0.3) is 0 Å². The number of hydrogen-bond acceptors (Lipinski definition) is 3. The van der Waals surface area contributed by atoms with Crippen molar-refractivity contribution in [1.29, 1.82) is 0 Å². The number of rotatable bonds is 1. The van der Waals surface area contributed by atoms with Crippen molar-refractivity contribution < 1.29 is 14.4 Å². The number of urea groups is 1. The van der Waals surface area contributed by atoms with E-state index in [4.69, 9.17) is 0 Å². The summed E-state index contributed by atoms with van der Waals surface area (Å²) in [6, 6.07) is -0.457. The van der Waals surface area contributed by atoms with Crippen molar-refractivity contribution in [2.45, 2.75) is 31.2 Å². The quantitative estimate of drug-likeness (QED) is 0.522. The van der Waals surface area contributed by atoms with Crippen molar-refractivity contribution >= 4 is 17.8 Å². The number of carbonyl (C=O) groups excluding carboxylic acids is 3. The fourth-order valence-corrected chi connectivity index (χ4v) is 3.14. The van der Waals surface area contributed by atoms with Crippen LogP contribution in [0.4, 0.5) is 4.79 Å². The Morgan fingerprint density at radius 3 is 2.68 bits per heavy atom. The lowest BCUT2D eigenvalue weighted by atomic mass is 9.88. The Hall–Kier alpha value is -1.85. The highest BCUT2D eigenvalue weighted by atomic mass is 16.2. The van der Waals surface area contributed by atoms with Crippen molar-refractivity contribution in [1.82, 2.24) is 15.5 Å². The number of nitrogens with zero attached hydrogens (tertiary/aromatic N) is 1. The minimum absolute atomic E-state index is 0.00955. The number of hydrogen-bond donors (Lipinski definition) is 2. The van der Waals surface area contributed by atoms with E-state index in [1.54, 1.807) is 4.90 Å². The van der Waals surface area contributed by atoms with Gasteiger partial charge in [-0.3, -0.25) is 14.9 Å². The van der Waals surface area contributed by atoms with E-state index >= 15 is 0 Å². The first-order chi connectivity index (χ1) is 9.11. The van der Waals surface area contributed by atoms with Crippen molar-refractivity contribution in [3.8, 4) is 0 Å². The molecule has 1 atom stereocenters. The molecule has 6 nitrogen and oxygen atoms in total. The summed E-state index contributed by atoms with van der Waals surface area (Å²) in [5.41, 5.74) is -0.906. The molecule has 0 aromatic carbocycles. The summed E-state index contributed by atoms with van der Waals surface area (Å²) in [5, 5.41) is 4.95. The first kappa shape index (κ1) is 12.2. The largest absolute Gasteiger partial charge is 0.340 e. The standard InChI is InChI=1S/C13H17N3O3/c17-10(9-4-1-2-5-9)16-7-3-6-13(8-16)11(18)14-12(19)15-13/h1-2,9H,3-8H2,(H2,14,15,18,19). The van der Waals surface area contributed by atoms with E-state index in [9.17, 15) is 14.4 Å². The molecule has 2 heterocycles. The van der Waals surface area contributed by atoms with Crippen molar-refractivity contribution in [3.05, 3.63) is 12.2 Å². The molecule has 0 saturated carbocycles. The Morgan fingerprint density at radius 1 is 1.32 bits per heavy atom. The van der Waals surface area contributed by atoms with E-state index in [1.807, 2.05) is 12.2 Å². The van der Waals surface area contributed by atoms with Gasteiger partial charge in [-0.05, 0) is 25.7 Å². The van der Waals surface area contributed by atoms with Crippen LogP contribution in [0, 0.1) is 5.92 Å². The lowest BCUT2D eigenvalue weighted by Gasteiger charge is -2.39. The van der Waals surface area contributed by atoms with Crippen LogP contribution in [0.1, 0.15) is 25.7 Å². The Labute approximate surface area is 111 Å². The van der Waals surface area contributed by atoms with Crippen LogP contribution in [0.15, 0.2) is 12.2 Å². The van der Waals surface area contributed by atoms with Gasteiger partial charge in [0.1, 0.15) is 5.54 Å². The maximum Gasteiger partial charge on any atom is 0.322 e. The minimum Gasteiger partial charge on any atom is -0.340 e. The van der Waals surface area contributed by atoms with Crippen LogP contribution in [0.3, 0.4) is 0 Å². The highest BCUT2D eigenvalue weighted by molar-refractivity contribution is 6.07. The van der Waals surface area contributed by atoms with Crippen LogP contribution >= 0.6 is 0 Å². The molecule has 2 N–H and O–H groups in total. The van der Waals surface area contributed by atoms with Gasteiger partial charge >= 0.3 is 6.03 Å². The summed E-state index contributed by atoms with van der Waals surface area (Å²) in [5.74, 6) is -0.201. The lowest BCUT2D eigenvalue weighted by Crippen LogP contribution is -2.60. The topological polar surface area (TPSA) is 78.5 Å². The smallest absolute Gasteiger partial charge is 0.322 e. The maximum absolute atomic E-state index is 12.4. The second kappa shape index (κ2) is 4.36. The van der Waals surface area contributed by atoms with Gasteiger partial charge in [-0.25, -0.2) is 4.79 Å². The van der Waals surface area contributed by atoms with Crippen LogP contribution < -0.4 is 10.6 Å². The Morgan fingerprint density at radius 2 is 2.05 bits per heavy atom. The molecule has 1 aliphatic carbocycles. The van der Waals surface area contributed by atoms with Crippen molar-refractivity contribution in [2.24, 2.45) is 5.92 Å². The summed E-state index contributed by atoms with van der Waals surface area (Å²) in [4.78, 5) is 37.3. The molecular weight excluding hydrogens is 246 g/mol. The van der Waals surface area contributed by atoms with Gasteiger partial charge in [-0.1, -0.05) is 12.2 Å². The van der Waals surface area contributed by atoms with Gasteiger partial charge in [0.05, 0.1) is 6.54 Å². The highest BCUT2D eigenvalue weighted by Crippen LogP contribution is 2.28. The van der Waals surface area contributed by atoms with Crippen molar-refractivity contribution in [2.75, 3.05) is 13.1 Å². The summed E-state index contributed by atoms with van der Waals surface area (Å²) in [6.07, 6.45) is 6.93. The number of likely N-dealkylation sites (tertiary alicyclic amines) is 1. The average Bonchev–Trinajstić information content (AvgIpc) is 2.99. The SMILES string of the molecule is O=C1NC(=O)C2(CCCN(C(=O)C3CC=CC3)C2)N1. The molecule has 3 aliphatic rings. The second-order valence-corrected chi connectivity index (χ2v) is 5.49. The predicted molar refractivity (Wildman–Crippen MR) is 67.1 cm³/mol. The van der Waals surface area contributed by atoms with E-state index in [2.05, 4.69) is 10.6 Å². The van der Waals surface area contributed by atoms with Gasteiger partial charge in [0.25, 0.3) is 5.91 Å². The van der Waals surface area contributed by atoms with Crippen LogP contribution in [0.2, 0.25) is 0 Å². The van der Waals surface area contributed by atoms with Gasteiger partial charge in [0.15, 0.2) is 0 Å². The summed E-state index contributed by atoms with van der Waals surface area (Å²) in [6.45, 7) is 0.958. The molecule has 0 aromatic heterocycles. The fraction of sp³-hybridized carbons (Fsp3) is 0.615. The number of piperidine rings is 1.